The van der Waals surface area contributed by atoms with Crippen molar-refractivity contribution >= 4 is 27.0 Å². The SMILES string of the molecule is C=CCBr.c1cnc2cn[nH]c2c1. The molecular formula is C9H10BrN3. The quantitative estimate of drug-likeness (QED) is 0.614. The summed E-state index contributed by atoms with van der Waals surface area (Å²) in [4.78, 5) is 4.05. The van der Waals surface area contributed by atoms with Gasteiger partial charge in [-0.1, -0.05) is 22.0 Å². The number of halogens is 1. The second-order valence-electron chi connectivity index (χ2n) is 2.25. The van der Waals surface area contributed by atoms with E-state index < -0.39 is 0 Å². The number of fused-ring (bicyclic) bond motifs is 1. The first kappa shape index (κ1) is 9.92. The van der Waals surface area contributed by atoms with Crippen molar-refractivity contribution < 1.29 is 0 Å². The van der Waals surface area contributed by atoms with Crippen LogP contribution in [0.3, 0.4) is 0 Å². The number of rotatable bonds is 1. The highest BCUT2D eigenvalue weighted by molar-refractivity contribution is 9.09. The van der Waals surface area contributed by atoms with E-state index in [9.17, 15) is 0 Å². The fourth-order valence-electron chi connectivity index (χ4n) is 0.778. The monoisotopic (exact) mass is 239 g/mol. The number of allylic oxidation sites excluding steroid dienone is 1. The first-order chi connectivity index (χ1) is 6.38. The Bertz CT molecular complexity index is 339. The summed E-state index contributed by atoms with van der Waals surface area (Å²) < 4.78 is 0. The summed E-state index contributed by atoms with van der Waals surface area (Å²) in [6.45, 7) is 3.43. The molecule has 0 saturated heterocycles. The number of hydrogen-bond donors (Lipinski definition) is 1. The Morgan fingerprint density at radius 1 is 1.62 bits per heavy atom. The highest BCUT2D eigenvalue weighted by Gasteiger charge is 1.89. The van der Waals surface area contributed by atoms with Crippen LogP contribution in [0.1, 0.15) is 0 Å². The van der Waals surface area contributed by atoms with Crippen molar-refractivity contribution in [3.63, 3.8) is 0 Å². The van der Waals surface area contributed by atoms with Gasteiger partial charge in [-0.05, 0) is 12.1 Å². The van der Waals surface area contributed by atoms with Gasteiger partial charge in [0.15, 0.2) is 0 Å². The van der Waals surface area contributed by atoms with E-state index in [0.29, 0.717) is 0 Å². The van der Waals surface area contributed by atoms with Crippen molar-refractivity contribution in [1.82, 2.24) is 15.2 Å². The normalized spacial score (nSPS) is 9.00. The van der Waals surface area contributed by atoms with E-state index in [0.717, 1.165) is 16.4 Å². The molecule has 0 bridgehead atoms. The van der Waals surface area contributed by atoms with E-state index in [4.69, 9.17) is 0 Å². The lowest BCUT2D eigenvalue weighted by Crippen LogP contribution is -1.69. The molecule has 2 aromatic rings. The maximum absolute atomic E-state index is 4.05. The van der Waals surface area contributed by atoms with Crippen LogP contribution in [0.4, 0.5) is 0 Å². The zero-order chi connectivity index (χ0) is 9.52. The van der Waals surface area contributed by atoms with Gasteiger partial charge in [0.25, 0.3) is 0 Å². The standard InChI is InChI=1S/C6H5N3.C3H5Br/c1-2-5-6(7-3-1)4-8-9-5;1-2-3-4/h1-4H,(H,8,9);2H,1,3H2. The molecule has 2 heterocycles. The van der Waals surface area contributed by atoms with Gasteiger partial charge < -0.3 is 0 Å². The maximum Gasteiger partial charge on any atom is 0.108 e. The Morgan fingerprint density at radius 3 is 3.00 bits per heavy atom. The zero-order valence-electron chi connectivity index (χ0n) is 7.07. The molecule has 3 nitrogen and oxygen atoms in total. The third-order valence-electron chi connectivity index (χ3n) is 1.32. The fourth-order valence-corrected chi connectivity index (χ4v) is 0.778. The van der Waals surface area contributed by atoms with Gasteiger partial charge in [-0.25, -0.2) is 0 Å². The summed E-state index contributed by atoms with van der Waals surface area (Å²) in [5, 5.41) is 7.52. The van der Waals surface area contributed by atoms with Crippen molar-refractivity contribution in [2.75, 3.05) is 5.33 Å². The van der Waals surface area contributed by atoms with E-state index >= 15 is 0 Å². The summed E-state index contributed by atoms with van der Waals surface area (Å²) in [5.41, 5.74) is 1.90. The van der Waals surface area contributed by atoms with Crippen molar-refractivity contribution in [2.45, 2.75) is 0 Å². The molecule has 0 atom stereocenters. The average molecular weight is 240 g/mol. The van der Waals surface area contributed by atoms with Gasteiger partial charge in [-0.3, -0.25) is 10.1 Å². The summed E-state index contributed by atoms with van der Waals surface area (Å²) in [6.07, 6.45) is 5.24. The lowest BCUT2D eigenvalue weighted by atomic mass is 10.4. The number of aromatic amines is 1. The third-order valence-corrected chi connectivity index (χ3v) is 1.78. The Balaban J connectivity index is 0.000000184. The second-order valence-corrected chi connectivity index (χ2v) is 2.90. The molecular weight excluding hydrogens is 230 g/mol. The van der Waals surface area contributed by atoms with Crippen LogP contribution in [0, 0.1) is 0 Å². The van der Waals surface area contributed by atoms with E-state index in [1.165, 1.54) is 0 Å². The van der Waals surface area contributed by atoms with E-state index in [1.54, 1.807) is 18.5 Å². The van der Waals surface area contributed by atoms with Gasteiger partial charge in [0.2, 0.25) is 0 Å². The number of pyridine rings is 1. The Kier molecular flexibility index (Phi) is 4.18. The topological polar surface area (TPSA) is 41.6 Å². The minimum absolute atomic E-state index is 0.896. The molecule has 2 rings (SSSR count). The number of nitrogens with zero attached hydrogens (tertiary/aromatic N) is 2. The van der Waals surface area contributed by atoms with Crippen molar-refractivity contribution in [3.05, 3.63) is 37.2 Å². The Labute approximate surface area is 85.0 Å². The molecule has 0 unspecified atom stereocenters. The maximum atomic E-state index is 4.05. The van der Waals surface area contributed by atoms with Crippen molar-refractivity contribution in [2.24, 2.45) is 0 Å². The molecule has 0 amide bonds. The first-order valence-corrected chi connectivity index (χ1v) is 4.91. The molecule has 0 aliphatic rings. The van der Waals surface area contributed by atoms with E-state index in [-0.39, 0.29) is 0 Å². The Hall–Kier alpha value is -1.16. The summed E-state index contributed by atoms with van der Waals surface area (Å²) >= 11 is 3.13. The minimum atomic E-state index is 0.896. The predicted octanol–water partition coefficient (Wildman–Crippen LogP) is 2.53. The van der Waals surface area contributed by atoms with Gasteiger partial charge in [0.05, 0.1) is 11.7 Å². The lowest BCUT2D eigenvalue weighted by molar-refractivity contribution is 1.12. The first-order valence-electron chi connectivity index (χ1n) is 3.79. The summed E-state index contributed by atoms with van der Waals surface area (Å²) in [7, 11) is 0. The summed E-state index contributed by atoms with van der Waals surface area (Å²) in [5.74, 6) is 0. The van der Waals surface area contributed by atoms with Crippen LogP contribution < -0.4 is 0 Å². The largest absolute Gasteiger partial charge is 0.276 e. The van der Waals surface area contributed by atoms with E-state index in [1.807, 2.05) is 12.1 Å². The number of nitrogens with one attached hydrogen (secondary N) is 1. The fraction of sp³-hybridized carbons (Fsp3) is 0.111. The average Bonchev–Trinajstić information content (AvgIpc) is 2.66. The number of H-pyrrole nitrogens is 1. The van der Waals surface area contributed by atoms with Gasteiger partial charge in [0, 0.05) is 11.5 Å². The van der Waals surface area contributed by atoms with E-state index in [2.05, 4.69) is 37.7 Å². The molecule has 0 radical (unpaired) electrons. The molecule has 0 spiro atoms. The van der Waals surface area contributed by atoms with Gasteiger partial charge >= 0.3 is 0 Å². The van der Waals surface area contributed by atoms with Crippen LogP contribution >= 0.6 is 15.9 Å². The Morgan fingerprint density at radius 2 is 2.38 bits per heavy atom. The van der Waals surface area contributed by atoms with Gasteiger partial charge in [-0.2, -0.15) is 5.10 Å². The van der Waals surface area contributed by atoms with Crippen LogP contribution in [-0.2, 0) is 0 Å². The van der Waals surface area contributed by atoms with Gasteiger partial charge in [0.1, 0.15) is 5.52 Å². The van der Waals surface area contributed by atoms with Crippen LogP contribution in [0.2, 0.25) is 0 Å². The van der Waals surface area contributed by atoms with Gasteiger partial charge in [-0.15, -0.1) is 6.58 Å². The summed E-state index contributed by atoms with van der Waals surface area (Å²) in [6, 6.07) is 3.82. The van der Waals surface area contributed by atoms with Crippen LogP contribution in [0.5, 0.6) is 0 Å². The van der Waals surface area contributed by atoms with Crippen LogP contribution in [-0.4, -0.2) is 20.5 Å². The molecule has 0 aliphatic heterocycles. The highest BCUT2D eigenvalue weighted by Crippen LogP contribution is 2.02. The molecule has 0 fully saturated rings. The molecule has 2 aromatic heterocycles. The number of hydrogen-bond acceptors (Lipinski definition) is 2. The molecule has 1 N–H and O–H groups in total. The number of alkyl halides is 1. The zero-order valence-corrected chi connectivity index (χ0v) is 8.66. The molecule has 0 aliphatic carbocycles. The minimum Gasteiger partial charge on any atom is -0.276 e. The molecule has 68 valence electrons. The predicted molar refractivity (Wildman–Crippen MR) is 57.9 cm³/mol. The second kappa shape index (κ2) is 5.48. The van der Waals surface area contributed by atoms with Crippen molar-refractivity contribution in [1.29, 1.82) is 0 Å². The smallest absolute Gasteiger partial charge is 0.108 e. The number of aromatic nitrogens is 3. The molecule has 0 aromatic carbocycles. The molecule has 13 heavy (non-hydrogen) atoms. The third kappa shape index (κ3) is 2.99. The molecule has 0 saturated carbocycles. The lowest BCUT2D eigenvalue weighted by Gasteiger charge is -1.80. The molecule has 4 heteroatoms. The van der Waals surface area contributed by atoms with Crippen LogP contribution in [0.25, 0.3) is 11.0 Å². The van der Waals surface area contributed by atoms with Crippen molar-refractivity contribution in [3.8, 4) is 0 Å². The highest BCUT2D eigenvalue weighted by atomic mass is 79.9. The van der Waals surface area contributed by atoms with Crippen LogP contribution in [0.15, 0.2) is 37.2 Å².